The summed E-state index contributed by atoms with van der Waals surface area (Å²) in [6.45, 7) is 23.7. The van der Waals surface area contributed by atoms with Crippen molar-refractivity contribution < 1.29 is 32.5 Å². The van der Waals surface area contributed by atoms with Gasteiger partial charge in [-0.2, -0.15) is 0 Å². The van der Waals surface area contributed by atoms with Gasteiger partial charge in [-0.1, -0.05) is 53.7 Å². The van der Waals surface area contributed by atoms with Crippen LogP contribution in [-0.4, -0.2) is 68.9 Å². The van der Waals surface area contributed by atoms with E-state index < -0.39 is 29.2 Å². The molecule has 0 N–H and O–H groups in total. The second-order valence-corrected chi connectivity index (χ2v) is 22.2. The summed E-state index contributed by atoms with van der Waals surface area (Å²) in [7, 11) is -0.839. The number of ether oxygens (including phenoxy) is 5. The molecular formula is C27H50O7Si2. The first-order valence-corrected chi connectivity index (χ1v) is 18.7. The minimum absolute atomic E-state index is 0.0527. The van der Waals surface area contributed by atoms with Gasteiger partial charge in [0.05, 0.1) is 33.0 Å². The van der Waals surface area contributed by atoms with Gasteiger partial charge in [0.25, 0.3) is 0 Å². The normalized spacial score (nSPS) is 22.9. The molecule has 0 aliphatic carbocycles. The molecular weight excluding hydrogens is 492 g/mol. The molecule has 0 saturated carbocycles. The van der Waals surface area contributed by atoms with E-state index in [1.54, 1.807) is 14.2 Å². The standard InChI is InChI=1S/C27H50O7Si2/c1-26(2,3)35(9,10)32-19-23(34-36(11,12)27(4,5)6)22-18-31-24(29-8)25(33-22)30-17-20-13-15-21(28-7)16-14-20/h13-16,22-25H,17-19H2,1-12H3/t22-,23+,24+,25?/m1/s1. The fourth-order valence-corrected chi connectivity index (χ4v) is 5.56. The van der Waals surface area contributed by atoms with E-state index in [2.05, 4.69) is 67.7 Å². The lowest BCUT2D eigenvalue weighted by atomic mass is 10.2. The van der Waals surface area contributed by atoms with Crippen LogP contribution in [0.5, 0.6) is 5.75 Å². The Morgan fingerprint density at radius 2 is 1.47 bits per heavy atom. The molecule has 1 fully saturated rings. The van der Waals surface area contributed by atoms with Crippen LogP contribution in [0.1, 0.15) is 47.1 Å². The summed E-state index contributed by atoms with van der Waals surface area (Å²) < 4.78 is 42.9. The molecule has 1 heterocycles. The maximum atomic E-state index is 6.88. The van der Waals surface area contributed by atoms with E-state index in [1.165, 1.54) is 0 Å². The lowest BCUT2D eigenvalue weighted by molar-refractivity contribution is -0.346. The van der Waals surface area contributed by atoms with Crippen LogP contribution in [0.25, 0.3) is 0 Å². The largest absolute Gasteiger partial charge is 0.497 e. The fourth-order valence-electron chi connectivity index (χ4n) is 3.22. The van der Waals surface area contributed by atoms with Gasteiger partial charge in [-0.05, 0) is 54.0 Å². The van der Waals surface area contributed by atoms with Crippen molar-refractivity contribution in [1.82, 2.24) is 0 Å². The van der Waals surface area contributed by atoms with E-state index in [0.29, 0.717) is 19.8 Å². The molecule has 0 spiro atoms. The number of benzene rings is 1. The van der Waals surface area contributed by atoms with Crippen LogP contribution >= 0.6 is 0 Å². The molecule has 0 amide bonds. The van der Waals surface area contributed by atoms with Crippen molar-refractivity contribution in [2.24, 2.45) is 0 Å². The fraction of sp³-hybridized carbons (Fsp3) is 0.778. The average molecular weight is 543 g/mol. The summed E-state index contributed by atoms with van der Waals surface area (Å²) in [5, 5.41) is 0.153. The van der Waals surface area contributed by atoms with Crippen LogP contribution in [0.3, 0.4) is 0 Å². The van der Waals surface area contributed by atoms with Crippen molar-refractivity contribution >= 4 is 16.6 Å². The van der Waals surface area contributed by atoms with E-state index in [0.717, 1.165) is 11.3 Å². The molecule has 0 aromatic heterocycles. The first-order chi connectivity index (χ1) is 16.5. The van der Waals surface area contributed by atoms with Gasteiger partial charge >= 0.3 is 0 Å². The van der Waals surface area contributed by atoms with E-state index in [1.807, 2.05) is 24.3 Å². The summed E-state index contributed by atoms with van der Waals surface area (Å²) in [6, 6.07) is 7.76. The van der Waals surface area contributed by atoms with Gasteiger partial charge < -0.3 is 32.5 Å². The van der Waals surface area contributed by atoms with Crippen LogP contribution in [-0.2, 0) is 34.4 Å². The Morgan fingerprint density at radius 3 is 1.97 bits per heavy atom. The minimum Gasteiger partial charge on any atom is -0.497 e. The van der Waals surface area contributed by atoms with Gasteiger partial charge in [0.2, 0.25) is 12.6 Å². The third-order valence-corrected chi connectivity index (χ3v) is 16.8. The lowest BCUT2D eigenvalue weighted by Gasteiger charge is -2.45. The first-order valence-electron chi connectivity index (χ1n) is 12.9. The highest BCUT2D eigenvalue weighted by atomic mass is 28.4. The van der Waals surface area contributed by atoms with Gasteiger partial charge in [-0.15, -0.1) is 0 Å². The SMILES string of the molecule is COc1ccc(COC2O[C@@H]([C@H](CO[Si](C)(C)C(C)(C)C)O[Si](C)(C)C(C)(C)C)CO[C@@H]2OC)cc1. The second kappa shape index (κ2) is 12.4. The highest BCUT2D eigenvalue weighted by Gasteiger charge is 2.45. The molecule has 1 aromatic carbocycles. The first kappa shape index (κ1) is 31.4. The van der Waals surface area contributed by atoms with Gasteiger partial charge in [0, 0.05) is 7.11 Å². The van der Waals surface area contributed by atoms with Gasteiger partial charge in [-0.25, -0.2) is 0 Å². The Bertz CT molecular complexity index is 800. The maximum Gasteiger partial charge on any atom is 0.210 e. The van der Waals surface area contributed by atoms with E-state index in [9.17, 15) is 0 Å². The summed E-state index contributed by atoms with van der Waals surface area (Å²) in [4.78, 5) is 0. The summed E-state index contributed by atoms with van der Waals surface area (Å²) >= 11 is 0. The van der Waals surface area contributed by atoms with E-state index in [4.69, 9.17) is 32.5 Å². The Kier molecular flexibility index (Phi) is 10.8. The van der Waals surface area contributed by atoms with Gasteiger partial charge in [-0.3, -0.25) is 0 Å². The smallest absolute Gasteiger partial charge is 0.210 e. The Labute approximate surface area is 221 Å². The molecule has 4 atom stereocenters. The number of hydrogen-bond donors (Lipinski definition) is 0. The van der Waals surface area contributed by atoms with E-state index >= 15 is 0 Å². The van der Waals surface area contributed by atoms with Crippen molar-refractivity contribution in [3.63, 3.8) is 0 Å². The van der Waals surface area contributed by atoms with Crippen molar-refractivity contribution in [2.45, 2.75) is 109 Å². The minimum atomic E-state index is -2.11. The molecule has 1 aliphatic heterocycles. The predicted molar refractivity (Wildman–Crippen MR) is 148 cm³/mol. The van der Waals surface area contributed by atoms with Crippen LogP contribution in [0.2, 0.25) is 36.3 Å². The van der Waals surface area contributed by atoms with Gasteiger partial charge in [0.1, 0.15) is 11.9 Å². The van der Waals surface area contributed by atoms with Crippen molar-refractivity contribution in [2.75, 3.05) is 27.4 Å². The third-order valence-electron chi connectivity index (χ3n) is 7.84. The zero-order valence-electron chi connectivity index (χ0n) is 24.6. The molecule has 9 heteroatoms. The van der Waals surface area contributed by atoms with Crippen LogP contribution in [0.15, 0.2) is 24.3 Å². The lowest BCUT2D eigenvalue weighted by Crippen LogP contribution is -2.56. The zero-order chi connectivity index (χ0) is 27.4. The average Bonchev–Trinajstić information content (AvgIpc) is 2.79. The molecule has 1 saturated heterocycles. The summed E-state index contributed by atoms with van der Waals surface area (Å²) in [5.74, 6) is 0.804. The Hall–Kier alpha value is -0.786. The molecule has 1 unspecified atom stereocenters. The molecule has 7 nitrogen and oxygen atoms in total. The zero-order valence-corrected chi connectivity index (χ0v) is 26.6. The quantitative estimate of drug-likeness (QED) is 0.302. The maximum absolute atomic E-state index is 6.88. The van der Waals surface area contributed by atoms with Crippen molar-refractivity contribution in [3.05, 3.63) is 29.8 Å². The predicted octanol–water partition coefficient (Wildman–Crippen LogP) is 6.34. The van der Waals surface area contributed by atoms with Gasteiger partial charge in [0.15, 0.2) is 16.6 Å². The number of hydrogen-bond acceptors (Lipinski definition) is 7. The molecule has 1 aliphatic rings. The molecule has 208 valence electrons. The topological polar surface area (TPSA) is 64.6 Å². The van der Waals surface area contributed by atoms with Crippen molar-refractivity contribution in [1.29, 1.82) is 0 Å². The molecule has 36 heavy (non-hydrogen) atoms. The summed E-state index contributed by atoms with van der Waals surface area (Å²) in [6.07, 6.45) is -1.91. The molecule has 0 bridgehead atoms. The second-order valence-electron chi connectivity index (χ2n) is 12.6. The van der Waals surface area contributed by atoms with Crippen LogP contribution in [0.4, 0.5) is 0 Å². The Morgan fingerprint density at radius 1 is 0.889 bits per heavy atom. The summed E-state index contributed by atoms with van der Waals surface area (Å²) in [5.41, 5.74) is 1.01. The van der Waals surface area contributed by atoms with Crippen molar-refractivity contribution in [3.8, 4) is 5.75 Å². The highest BCUT2D eigenvalue weighted by Crippen LogP contribution is 2.40. The third kappa shape index (κ3) is 8.36. The highest BCUT2D eigenvalue weighted by molar-refractivity contribution is 6.74. The monoisotopic (exact) mass is 542 g/mol. The molecule has 1 aromatic rings. The van der Waals surface area contributed by atoms with Crippen LogP contribution in [0, 0.1) is 0 Å². The number of rotatable bonds is 11. The number of methoxy groups -OCH3 is 2. The Balaban J connectivity index is 2.19. The molecule has 0 radical (unpaired) electrons. The van der Waals surface area contributed by atoms with Crippen LogP contribution < -0.4 is 4.74 Å². The molecule has 2 rings (SSSR count). The van der Waals surface area contributed by atoms with E-state index in [-0.39, 0.29) is 22.3 Å².